The predicted octanol–water partition coefficient (Wildman–Crippen LogP) is 9.79. The zero-order valence-corrected chi connectivity index (χ0v) is 17.5. The van der Waals surface area contributed by atoms with Crippen LogP contribution in [0.3, 0.4) is 0 Å². The number of benzene rings is 3. The summed E-state index contributed by atoms with van der Waals surface area (Å²) in [5.41, 5.74) is -12.1. The molecule has 0 aliphatic heterocycles. The molecule has 0 aliphatic carbocycles. The first-order chi connectivity index (χ1) is 16.7. The zero-order valence-electron chi connectivity index (χ0n) is 17.5. The van der Waals surface area contributed by atoms with Crippen LogP contribution in [0, 0.1) is 12.4 Å². The standard InChI is InChI=1S/C23H8F13N/c1-37-19-17(10-2-12(20(25,26)27)6-13(3-10)21(28,29)30)8-16(24)9-18(19)11-4-14(22(31,32)33)7-15(5-11)23(34,35)36/h2-9H. The first kappa shape index (κ1) is 27.8. The summed E-state index contributed by atoms with van der Waals surface area (Å²) in [5.74, 6) is -1.45. The lowest BCUT2D eigenvalue weighted by Gasteiger charge is -2.18. The molecule has 3 aromatic carbocycles. The fourth-order valence-electron chi connectivity index (χ4n) is 3.38. The molecular formula is C23H8F13N. The summed E-state index contributed by atoms with van der Waals surface area (Å²) in [6, 6.07) is 0.805. The first-order valence-corrected chi connectivity index (χ1v) is 9.52. The van der Waals surface area contributed by atoms with Gasteiger partial charge in [0.05, 0.1) is 28.8 Å². The fraction of sp³-hybridized carbons (Fsp3) is 0.174. The molecule has 0 bridgehead atoms. The predicted molar refractivity (Wildman–Crippen MR) is 104 cm³/mol. The third-order valence-electron chi connectivity index (χ3n) is 4.98. The van der Waals surface area contributed by atoms with Gasteiger partial charge in [-0.25, -0.2) is 9.24 Å². The van der Waals surface area contributed by atoms with Crippen molar-refractivity contribution >= 4 is 5.69 Å². The second-order valence-electron chi connectivity index (χ2n) is 7.55. The molecule has 0 unspecified atom stereocenters. The monoisotopic (exact) mass is 545 g/mol. The van der Waals surface area contributed by atoms with E-state index in [0.29, 0.717) is 12.1 Å². The Morgan fingerprint density at radius 3 is 0.946 bits per heavy atom. The summed E-state index contributed by atoms with van der Waals surface area (Å²) < 4.78 is 174. The van der Waals surface area contributed by atoms with Crippen LogP contribution in [0.2, 0.25) is 0 Å². The number of hydrogen-bond acceptors (Lipinski definition) is 0. The summed E-state index contributed by atoms with van der Waals surface area (Å²) in [6.07, 6.45) is -21.3. The van der Waals surface area contributed by atoms with Crippen molar-refractivity contribution in [2.24, 2.45) is 0 Å². The molecule has 3 rings (SSSR count). The van der Waals surface area contributed by atoms with E-state index in [1.807, 2.05) is 0 Å². The van der Waals surface area contributed by atoms with Gasteiger partial charge in [0.2, 0.25) is 5.69 Å². The largest absolute Gasteiger partial charge is 0.416 e. The highest BCUT2D eigenvalue weighted by Gasteiger charge is 2.39. The van der Waals surface area contributed by atoms with E-state index in [1.165, 1.54) is 0 Å². The molecule has 0 aromatic heterocycles. The lowest BCUT2D eigenvalue weighted by atomic mass is 9.92. The molecule has 0 radical (unpaired) electrons. The fourth-order valence-corrected chi connectivity index (χ4v) is 3.38. The Balaban J connectivity index is 2.41. The molecule has 0 aliphatic rings. The van der Waals surface area contributed by atoms with E-state index >= 15 is 0 Å². The third kappa shape index (κ3) is 5.98. The quantitative estimate of drug-likeness (QED) is 0.223. The van der Waals surface area contributed by atoms with Crippen LogP contribution in [0.4, 0.5) is 62.8 Å². The van der Waals surface area contributed by atoms with E-state index in [2.05, 4.69) is 4.85 Å². The number of alkyl halides is 12. The highest BCUT2D eigenvalue weighted by atomic mass is 19.4. The van der Waals surface area contributed by atoms with Gasteiger partial charge in [-0.2, -0.15) is 52.7 Å². The highest BCUT2D eigenvalue weighted by molar-refractivity contribution is 5.91. The van der Waals surface area contributed by atoms with Gasteiger partial charge in [0, 0.05) is 0 Å². The van der Waals surface area contributed by atoms with Crippen LogP contribution in [-0.2, 0) is 24.7 Å². The van der Waals surface area contributed by atoms with Crippen LogP contribution < -0.4 is 0 Å². The second-order valence-corrected chi connectivity index (χ2v) is 7.55. The van der Waals surface area contributed by atoms with Crippen LogP contribution in [0.25, 0.3) is 27.1 Å². The van der Waals surface area contributed by atoms with Crippen molar-refractivity contribution < 1.29 is 57.1 Å². The smallest absolute Gasteiger partial charge is 0.237 e. The molecule has 0 atom stereocenters. The van der Waals surface area contributed by atoms with Gasteiger partial charge in [-0.3, -0.25) is 0 Å². The number of halogens is 13. The molecule has 0 N–H and O–H groups in total. The van der Waals surface area contributed by atoms with Crippen LogP contribution in [0.15, 0.2) is 48.5 Å². The summed E-state index contributed by atoms with van der Waals surface area (Å²) in [6.45, 7) is 7.31. The maximum atomic E-state index is 14.5. The molecule has 14 heteroatoms. The highest BCUT2D eigenvalue weighted by Crippen LogP contribution is 2.46. The van der Waals surface area contributed by atoms with Gasteiger partial charge in [-0.1, -0.05) is 0 Å². The van der Waals surface area contributed by atoms with E-state index in [-0.39, 0.29) is 36.4 Å². The Kier molecular flexibility index (Phi) is 6.74. The Labute approximate surface area is 198 Å². The number of rotatable bonds is 2. The minimum Gasteiger partial charge on any atom is -0.237 e. The van der Waals surface area contributed by atoms with Crippen molar-refractivity contribution in [1.29, 1.82) is 0 Å². The molecule has 3 aromatic rings. The van der Waals surface area contributed by atoms with Gasteiger partial charge in [-0.15, -0.1) is 0 Å². The minimum atomic E-state index is -5.33. The lowest BCUT2D eigenvalue weighted by molar-refractivity contribution is -0.144. The SMILES string of the molecule is [C-]#[N+]c1c(-c2cc(C(F)(F)F)cc(C(F)(F)F)c2)cc(F)cc1-c1cc(C(F)(F)F)cc(C(F)(F)F)c1. The van der Waals surface area contributed by atoms with Gasteiger partial charge in [-0.05, 0) is 70.8 Å². The van der Waals surface area contributed by atoms with Crippen molar-refractivity contribution in [3.8, 4) is 22.3 Å². The summed E-state index contributed by atoms with van der Waals surface area (Å²) >= 11 is 0. The number of nitrogens with zero attached hydrogens (tertiary/aromatic N) is 1. The average molecular weight is 545 g/mol. The van der Waals surface area contributed by atoms with Crippen LogP contribution in [0.1, 0.15) is 22.3 Å². The molecule has 196 valence electrons. The van der Waals surface area contributed by atoms with Gasteiger partial charge < -0.3 is 0 Å². The topological polar surface area (TPSA) is 4.36 Å². The number of hydrogen-bond donors (Lipinski definition) is 0. The maximum absolute atomic E-state index is 14.5. The van der Waals surface area contributed by atoms with E-state index in [9.17, 15) is 57.1 Å². The Morgan fingerprint density at radius 2 is 0.730 bits per heavy atom. The molecular weight excluding hydrogens is 537 g/mol. The van der Waals surface area contributed by atoms with Gasteiger partial charge in [0.15, 0.2) is 0 Å². The van der Waals surface area contributed by atoms with Gasteiger partial charge in [0.1, 0.15) is 5.82 Å². The first-order valence-electron chi connectivity index (χ1n) is 9.52. The van der Waals surface area contributed by atoms with E-state index in [4.69, 9.17) is 6.57 Å². The molecule has 0 saturated carbocycles. The molecule has 0 fully saturated rings. The van der Waals surface area contributed by atoms with E-state index in [1.54, 1.807) is 0 Å². The molecule has 37 heavy (non-hydrogen) atoms. The summed E-state index contributed by atoms with van der Waals surface area (Å²) in [5, 5.41) is 0. The Bertz CT molecular complexity index is 1220. The van der Waals surface area contributed by atoms with Crippen molar-refractivity contribution in [3.63, 3.8) is 0 Å². The Hall–Kier alpha value is -3.76. The maximum Gasteiger partial charge on any atom is 0.416 e. The van der Waals surface area contributed by atoms with Crippen molar-refractivity contribution in [1.82, 2.24) is 0 Å². The summed E-state index contributed by atoms with van der Waals surface area (Å²) in [7, 11) is 0. The molecule has 0 saturated heterocycles. The molecule has 0 amide bonds. The molecule has 0 spiro atoms. The normalized spacial score (nSPS) is 13.0. The van der Waals surface area contributed by atoms with Crippen molar-refractivity contribution in [2.45, 2.75) is 24.7 Å². The molecule has 0 heterocycles. The molecule has 1 nitrogen and oxygen atoms in total. The Morgan fingerprint density at radius 1 is 0.459 bits per heavy atom. The van der Waals surface area contributed by atoms with E-state index < -0.39 is 80.7 Å². The van der Waals surface area contributed by atoms with Crippen LogP contribution >= 0.6 is 0 Å². The van der Waals surface area contributed by atoms with Crippen LogP contribution in [0.5, 0.6) is 0 Å². The minimum absolute atomic E-state index is 0.149. The van der Waals surface area contributed by atoms with Crippen LogP contribution in [-0.4, -0.2) is 0 Å². The van der Waals surface area contributed by atoms with Crippen molar-refractivity contribution in [3.05, 3.63) is 88.0 Å². The zero-order chi connectivity index (χ0) is 28.1. The second kappa shape index (κ2) is 8.97. The van der Waals surface area contributed by atoms with Gasteiger partial charge in [0.25, 0.3) is 0 Å². The van der Waals surface area contributed by atoms with Gasteiger partial charge >= 0.3 is 24.7 Å². The van der Waals surface area contributed by atoms with E-state index in [0.717, 1.165) is 0 Å². The average Bonchev–Trinajstić information content (AvgIpc) is 2.75. The lowest BCUT2D eigenvalue weighted by Crippen LogP contribution is -2.11. The third-order valence-corrected chi connectivity index (χ3v) is 4.98. The van der Waals surface area contributed by atoms with Crippen molar-refractivity contribution in [2.75, 3.05) is 0 Å². The summed E-state index contributed by atoms with van der Waals surface area (Å²) in [4.78, 5) is 2.89.